The lowest BCUT2D eigenvalue weighted by molar-refractivity contribution is -0.137. The molecular weight excluding hydrogens is 281 g/mol. The van der Waals surface area contributed by atoms with E-state index < -0.39 is 11.7 Å². The van der Waals surface area contributed by atoms with Crippen LogP contribution in [0.5, 0.6) is 0 Å². The second-order valence-corrected chi connectivity index (χ2v) is 5.70. The SMILES string of the molecule is O=C1C2CCCCN2CN1Cc1ccc(C(F)(F)F)cc1. The molecule has 1 unspecified atom stereocenters. The Bertz CT molecular complexity index is 527. The molecule has 3 rings (SSSR count). The van der Waals surface area contributed by atoms with Crippen LogP contribution in [-0.2, 0) is 17.5 Å². The third-order valence-corrected chi connectivity index (χ3v) is 4.22. The number of rotatable bonds is 2. The van der Waals surface area contributed by atoms with Crippen LogP contribution in [0, 0.1) is 0 Å². The fourth-order valence-corrected chi connectivity index (χ4v) is 3.09. The summed E-state index contributed by atoms with van der Waals surface area (Å²) in [5.41, 5.74) is 0.0765. The number of carbonyl (C=O) groups is 1. The minimum Gasteiger partial charge on any atom is -0.324 e. The molecule has 2 saturated heterocycles. The van der Waals surface area contributed by atoms with Gasteiger partial charge in [0.25, 0.3) is 0 Å². The van der Waals surface area contributed by atoms with E-state index in [0.29, 0.717) is 13.2 Å². The third kappa shape index (κ3) is 2.90. The van der Waals surface area contributed by atoms with Gasteiger partial charge in [0, 0.05) is 13.1 Å². The molecule has 0 radical (unpaired) electrons. The number of nitrogens with zero attached hydrogens (tertiary/aromatic N) is 2. The number of hydrogen-bond donors (Lipinski definition) is 0. The molecule has 6 heteroatoms. The average Bonchev–Trinajstić information content (AvgIpc) is 2.76. The van der Waals surface area contributed by atoms with Gasteiger partial charge in [-0.3, -0.25) is 9.69 Å². The van der Waals surface area contributed by atoms with Crippen molar-refractivity contribution in [3.63, 3.8) is 0 Å². The molecule has 1 atom stereocenters. The molecule has 2 fully saturated rings. The maximum absolute atomic E-state index is 12.5. The number of amides is 1. The highest BCUT2D eigenvalue weighted by Gasteiger charge is 2.39. The Morgan fingerprint density at radius 3 is 2.48 bits per heavy atom. The normalized spacial score (nSPS) is 23.5. The van der Waals surface area contributed by atoms with Crippen molar-refractivity contribution in [3.8, 4) is 0 Å². The first-order valence-electron chi connectivity index (χ1n) is 7.14. The van der Waals surface area contributed by atoms with Gasteiger partial charge in [0.2, 0.25) is 5.91 Å². The zero-order chi connectivity index (χ0) is 15.0. The predicted molar refractivity (Wildman–Crippen MR) is 71.2 cm³/mol. The Balaban J connectivity index is 1.68. The molecule has 0 bridgehead atoms. The first-order chi connectivity index (χ1) is 9.95. The fraction of sp³-hybridized carbons (Fsp3) is 0.533. The molecule has 0 spiro atoms. The summed E-state index contributed by atoms with van der Waals surface area (Å²) in [5, 5.41) is 0. The molecule has 2 aliphatic heterocycles. The van der Waals surface area contributed by atoms with Crippen LogP contribution < -0.4 is 0 Å². The van der Waals surface area contributed by atoms with Crippen LogP contribution in [0.15, 0.2) is 24.3 Å². The highest BCUT2D eigenvalue weighted by atomic mass is 19.4. The highest BCUT2D eigenvalue weighted by Crippen LogP contribution is 2.30. The number of benzene rings is 1. The molecule has 0 aliphatic carbocycles. The molecule has 1 amide bonds. The molecule has 114 valence electrons. The number of piperidine rings is 1. The summed E-state index contributed by atoms with van der Waals surface area (Å²) in [6, 6.07) is 5.03. The smallest absolute Gasteiger partial charge is 0.324 e. The van der Waals surface area contributed by atoms with E-state index in [1.165, 1.54) is 12.1 Å². The van der Waals surface area contributed by atoms with E-state index in [2.05, 4.69) is 4.90 Å². The summed E-state index contributed by atoms with van der Waals surface area (Å²) in [7, 11) is 0. The topological polar surface area (TPSA) is 23.6 Å². The van der Waals surface area contributed by atoms with Crippen LogP contribution in [0.4, 0.5) is 13.2 Å². The van der Waals surface area contributed by atoms with Crippen molar-refractivity contribution >= 4 is 5.91 Å². The van der Waals surface area contributed by atoms with E-state index in [9.17, 15) is 18.0 Å². The van der Waals surface area contributed by atoms with Gasteiger partial charge in [-0.2, -0.15) is 13.2 Å². The van der Waals surface area contributed by atoms with Crippen molar-refractivity contribution in [2.45, 2.75) is 38.0 Å². The molecule has 0 N–H and O–H groups in total. The van der Waals surface area contributed by atoms with Gasteiger partial charge in [-0.05, 0) is 30.5 Å². The zero-order valence-corrected chi connectivity index (χ0v) is 11.6. The molecule has 0 aromatic heterocycles. The van der Waals surface area contributed by atoms with Crippen LogP contribution in [0.3, 0.4) is 0 Å². The van der Waals surface area contributed by atoms with E-state index in [4.69, 9.17) is 0 Å². The largest absolute Gasteiger partial charge is 0.416 e. The maximum Gasteiger partial charge on any atom is 0.416 e. The summed E-state index contributed by atoms with van der Waals surface area (Å²) in [6.45, 7) is 1.90. The summed E-state index contributed by atoms with van der Waals surface area (Å²) in [4.78, 5) is 16.2. The van der Waals surface area contributed by atoms with Gasteiger partial charge >= 0.3 is 6.18 Å². The molecule has 21 heavy (non-hydrogen) atoms. The van der Waals surface area contributed by atoms with Gasteiger partial charge in [-0.15, -0.1) is 0 Å². The van der Waals surface area contributed by atoms with Crippen molar-refractivity contribution < 1.29 is 18.0 Å². The second kappa shape index (κ2) is 5.33. The number of hydrogen-bond acceptors (Lipinski definition) is 2. The van der Waals surface area contributed by atoms with Gasteiger partial charge in [0.1, 0.15) is 0 Å². The number of alkyl halides is 3. The Hall–Kier alpha value is -1.56. The first-order valence-corrected chi connectivity index (χ1v) is 7.14. The first kappa shape index (κ1) is 14.4. The number of fused-ring (bicyclic) bond motifs is 1. The van der Waals surface area contributed by atoms with Crippen molar-refractivity contribution in [2.75, 3.05) is 13.2 Å². The average molecular weight is 298 g/mol. The zero-order valence-electron chi connectivity index (χ0n) is 11.6. The fourth-order valence-electron chi connectivity index (χ4n) is 3.09. The van der Waals surface area contributed by atoms with E-state index in [1.54, 1.807) is 4.90 Å². The van der Waals surface area contributed by atoms with Crippen molar-refractivity contribution in [1.82, 2.24) is 9.80 Å². The Morgan fingerprint density at radius 1 is 1.14 bits per heavy atom. The summed E-state index contributed by atoms with van der Waals surface area (Å²) < 4.78 is 37.5. The van der Waals surface area contributed by atoms with E-state index in [-0.39, 0.29) is 11.9 Å². The summed E-state index contributed by atoms with van der Waals surface area (Å²) in [6.07, 6.45) is -1.25. The number of carbonyl (C=O) groups excluding carboxylic acids is 1. The van der Waals surface area contributed by atoms with E-state index in [1.807, 2.05) is 0 Å². The summed E-state index contributed by atoms with van der Waals surface area (Å²) >= 11 is 0. The maximum atomic E-state index is 12.5. The lowest BCUT2D eigenvalue weighted by Gasteiger charge is -2.25. The lowest BCUT2D eigenvalue weighted by Crippen LogP contribution is -2.37. The molecule has 2 aliphatic rings. The molecule has 3 nitrogen and oxygen atoms in total. The predicted octanol–water partition coefficient (Wildman–Crippen LogP) is 2.86. The van der Waals surface area contributed by atoms with Crippen LogP contribution in [0.25, 0.3) is 0 Å². The molecule has 0 saturated carbocycles. The monoisotopic (exact) mass is 298 g/mol. The quantitative estimate of drug-likeness (QED) is 0.838. The standard InChI is InChI=1S/C15H17F3N2O/c16-15(17,18)12-6-4-11(5-7-12)9-20-10-19-8-2-1-3-13(19)14(20)21/h4-7,13H,1-3,8-10H2. The molecule has 2 heterocycles. The third-order valence-electron chi connectivity index (χ3n) is 4.22. The van der Waals surface area contributed by atoms with Crippen molar-refractivity contribution in [3.05, 3.63) is 35.4 Å². The van der Waals surface area contributed by atoms with Crippen LogP contribution in [0.1, 0.15) is 30.4 Å². The van der Waals surface area contributed by atoms with Crippen LogP contribution in [-0.4, -0.2) is 35.0 Å². The lowest BCUT2D eigenvalue weighted by atomic mass is 10.0. The van der Waals surface area contributed by atoms with E-state index in [0.717, 1.165) is 43.5 Å². The second-order valence-electron chi connectivity index (χ2n) is 5.70. The van der Waals surface area contributed by atoms with Crippen molar-refractivity contribution in [1.29, 1.82) is 0 Å². The van der Waals surface area contributed by atoms with Crippen LogP contribution in [0.2, 0.25) is 0 Å². The minimum absolute atomic E-state index is 0.0202. The Morgan fingerprint density at radius 2 is 1.86 bits per heavy atom. The molecule has 1 aromatic rings. The van der Waals surface area contributed by atoms with E-state index >= 15 is 0 Å². The van der Waals surface area contributed by atoms with Crippen molar-refractivity contribution in [2.24, 2.45) is 0 Å². The van der Waals surface area contributed by atoms with Gasteiger partial charge < -0.3 is 4.90 Å². The molecule has 1 aromatic carbocycles. The Labute approximate surface area is 121 Å². The summed E-state index contributed by atoms with van der Waals surface area (Å²) in [5.74, 6) is 0.106. The van der Waals surface area contributed by atoms with Gasteiger partial charge in [-0.1, -0.05) is 18.6 Å². The van der Waals surface area contributed by atoms with Gasteiger partial charge in [0.05, 0.1) is 18.3 Å². The van der Waals surface area contributed by atoms with Gasteiger partial charge in [0.15, 0.2) is 0 Å². The molecular formula is C15H17F3N2O. The highest BCUT2D eigenvalue weighted by molar-refractivity contribution is 5.83. The van der Waals surface area contributed by atoms with Gasteiger partial charge in [-0.25, -0.2) is 0 Å². The number of halogens is 3. The minimum atomic E-state index is -4.32. The Kier molecular flexibility index (Phi) is 3.65. The van der Waals surface area contributed by atoms with Crippen LogP contribution >= 0.6 is 0 Å².